The van der Waals surface area contributed by atoms with Crippen LogP contribution in [0.2, 0.25) is 0 Å². The second-order valence-corrected chi connectivity index (χ2v) is 5.13. The summed E-state index contributed by atoms with van der Waals surface area (Å²) in [6, 6.07) is 13.1. The van der Waals surface area contributed by atoms with Crippen LogP contribution in [-0.2, 0) is 13.1 Å². The first-order valence-electron chi connectivity index (χ1n) is 6.89. The molecule has 0 unspecified atom stereocenters. The average molecular weight is 288 g/mol. The fraction of sp³-hybridized carbons (Fsp3) is 0.294. The van der Waals surface area contributed by atoms with E-state index in [0.717, 1.165) is 17.9 Å². The van der Waals surface area contributed by atoms with Gasteiger partial charge in [0.05, 0.1) is 12.8 Å². The molecule has 0 bridgehead atoms. The molecule has 2 aromatic carbocycles. The van der Waals surface area contributed by atoms with Crippen LogP contribution in [0.4, 0.5) is 10.1 Å². The predicted molar refractivity (Wildman–Crippen MR) is 84.3 cm³/mol. The van der Waals surface area contributed by atoms with Crippen molar-refractivity contribution in [2.75, 3.05) is 26.1 Å². The SMILES string of the molecule is COc1ccc(CNCc2ccc(F)c(N(C)C)c2)cc1. The smallest absolute Gasteiger partial charge is 0.146 e. The van der Waals surface area contributed by atoms with Crippen molar-refractivity contribution in [1.82, 2.24) is 5.32 Å². The van der Waals surface area contributed by atoms with Crippen LogP contribution in [0.25, 0.3) is 0 Å². The summed E-state index contributed by atoms with van der Waals surface area (Å²) < 4.78 is 18.7. The molecule has 0 atom stereocenters. The van der Waals surface area contributed by atoms with Gasteiger partial charge in [0, 0.05) is 27.2 Å². The Bertz CT molecular complexity index is 582. The fourth-order valence-corrected chi connectivity index (χ4v) is 2.11. The summed E-state index contributed by atoms with van der Waals surface area (Å²) >= 11 is 0. The minimum absolute atomic E-state index is 0.195. The lowest BCUT2D eigenvalue weighted by molar-refractivity contribution is 0.414. The molecule has 0 aliphatic rings. The van der Waals surface area contributed by atoms with Crippen LogP contribution in [0.3, 0.4) is 0 Å². The van der Waals surface area contributed by atoms with E-state index >= 15 is 0 Å². The third-order valence-corrected chi connectivity index (χ3v) is 3.31. The highest BCUT2D eigenvalue weighted by Gasteiger charge is 2.05. The Morgan fingerprint density at radius 1 is 1.00 bits per heavy atom. The molecule has 0 amide bonds. The van der Waals surface area contributed by atoms with Crippen LogP contribution in [0.5, 0.6) is 5.75 Å². The van der Waals surface area contributed by atoms with Crippen molar-refractivity contribution in [3.63, 3.8) is 0 Å². The van der Waals surface area contributed by atoms with Crippen molar-refractivity contribution in [3.8, 4) is 5.75 Å². The largest absolute Gasteiger partial charge is 0.497 e. The van der Waals surface area contributed by atoms with Gasteiger partial charge in [0.2, 0.25) is 0 Å². The molecule has 2 aromatic rings. The summed E-state index contributed by atoms with van der Waals surface area (Å²) in [6.45, 7) is 1.46. The molecule has 112 valence electrons. The van der Waals surface area contributed by atoms with E-state index in [0.29, 0.717) is 12.2 Å². The van der Waals surface area contributed by atoms with E-state index in [-0.39, 0.29) is 5.82 Å². The molecule has 0 fully saturated rings. The maximum absolute atomic E-state index is 13.6. The normalized spacial score (nSPS) is 10.5. The molecule has 4 heteroatoms. The highest BCUT2D eigenvalue weighted by Crippen LogP contribution is 2.18. The van der Waals surface area contributed by atoms with Crippen LogP contribution in [0.1, 0.15) is 11.1 Å². The standard InChI is InChI=1S/C17H21FN2O/c1-20(2)17-10-14(6-9-16(17)18)12-19-11-13-4-7-15(21-3)8-5-13/h4-10,19H,11-12H2,1-3H3. The summed E-state index contributed by atoms with van der Waals surface area (Å²) in [5, 5.41) is 3.36. The Morgan fingerprint density at radius 3 is 2.24 bits per heavy atom. The molecule has 0 aliphatic carbocycles. The second kappa shape index (κ2) is 7.09. The number of anilines is 1. The molecule has 0 aromatic heterocycles. The molecular weight excluding hydrogens is 267 g/mol. The zero-order valence-corrected chi connectivity index (χ0v) is 12.7. The number of nitrogens with zero attached hydrogens (tertiary/aromatic N) is 1. The molecule has 0 heterocycles. The van der Waals surface area contributed by atoms with Crippen LogP contribution in [-0.4, -0.2) is 21.2 Å². The molecule has 2 rings (SSSR count). The van der Waals surface area contributed by atoms with Gasteiger partial charge in [-0.3, -0.25) is 0 Å². The first-order chi connectivity index (χ1) is 10.1. The number of rotatable bonds is 6. The summed E-state index contributed by atoms with van der Waals surface area (Å²) in [6.07, 6.45) is 0. The lowest BCUT2D eigenvalue weighted by Gasteiger charge is -2.15. The van der Waals surface area contributed by atoms with Crippen molar-refractivity contribution in [3.05, 3.63) is 59.4 Å². The average Bonchev–Trinajstić information content (AvgIpc) is 2.49. The van der Waals surface area contributed by atoms with Gasteiger partial charge >= 0.3 is 0 Å². The van der Waals surface area contributed by atoms with Crippen molar-refractivity contribution >= 4 is 5.69 Å². The minimum Gasteiger partial charge on any atom is -0.497 e. The number of nitrogens with one attached hydrogen (secondary N) is 1. The molecule has 0 saturated heterocycles. The van der Waals surface area contributed by atoms with Gasteiger partial charge in [-0.25, -0.2) is 4.39 Å². The Kier molecular flexibility index (Phi) is 5.17. The molecule has 21 heavy (non-hydrogen) atoms. The van der Waals surface area contributed by atoms with E-state index in [1.165, 1.54) is 11.6 Å². The van der Waals surface area contributed by atoms with Gasteiger partial charge < -0.3 is 15.0 Å². The molecule has 0 spiro atoms. The highest BCUT2D eigenvalue weighted by molar-refractivity contribution is 5.48. The summed E-state index contributed by atoms with van der Waals surface area (Å²) in [5.74, 6) is 0.659. The van der Waals surface area contributed by atoms with E-state index in [9.17, 15) is 4.39 Å². The number of ether oxygens (including phenoxy) is 1. The molecule has 0 saturated carbocycles. The Hall–Kier alpha value is -2.07. The van der Waals surface area contributed by atoms with Gasteiger partial charge in [-0.15, -0.1) is 0 Å². The van der Waals surface area contributed by atoms with Crippen LogP contribution >= 0.6 is 0 Å². The number of methoxy groups -OCH3 is 1. The quantitative estimate of drug-likeness (QED) is 0.883. The topological polar surface area (TPSA) is 24.5 Å². The van der Waals surface area contributed by atoms with E-state index in [1.807, 2.05) is 50.5 Å². The van der Waals surface area contributed by atoms with E-state index < -0.39 is 0 Å². The molecule has 0 aliphatic heterocycles. The Labute approximate surface area is 125 Å². The maximum Gasteiger partial charge on any atom is 0.146 e. The third-order valence-electron chi connectivity index (χ3n) is 3.31. The van der Waals surface area contributed by atoms with Gasteiger partial charge in [0.1, 0.15) is 11.6 Å². The fourth-order valence-electron chi connectivity index (χ4n) is 2.11. The summed E-state index contributed by atoms with van der Waals surface area (Å²) in [5.41, 5.74) is 2.86. The number of halogens is 1. The van der Waals surface area contributed by atoms with Gasteiger partial charge in [-0.1, -0.05) is 18.2 Å². The second-order valence-electron chi connectivity index (χ2n) is 5.13. The van der Waals surface area contributed by atoms with Crippen molar-refractivity contribution in [2.45, 2.75) is 13.1 Å². The molecule has 0 radical (unpaired) electrons. The number of benzene rings is 2. The summed E-state index contributed by atoms with van der Waals surface area (Å²) in [4.78, 5) is 1.78. The zero-order valence-electron chi connectivity index (χ0n) is 12.7. The third kappa shape index (κ3) is 4.20. The highest BCUT2D eigenvalue weighted by atomic mass is 19.1. The van der Waals surface area contributed by atoms with Gasteiger partial charge in [0.25, 0.3) is 0 Å². The molecule has 3 nitrogen and oxygen atoms in total. The van der Waals surface area contributed by atoms with Crippen LogP contribution in [0.15, 0.2) is 42.5 Å². The van der Waals surface area contributed by atoms with E-state index in [1.54, 1.807) is 12.0 Å². The molecular formula is C17H21FN2O. The van der Waals surface area contributed by atoms with Gasteiger partial charge in [-0.2, -0.15) is 0 Å². The van der Waals surface area contributed by atoms with Crippen LogP contribution in [0, 0.1) is 5.82 Å². The predicted octanol–water partition coefficient (Wildman–Crippen LogP) is 3.19. The zero-order chi connectivity index (χ0) is 15.2. The maximum atomic E-state index is 13.6. The van der Waals surface area contributed by atoms with Crippen molar-refractivity contribution < 1.29 is 9.13 Å². The van der Waals surface area contributed by atoms with Crippen molar-refractivity contribution in [1.29, 1.82) is 0 Å². The van der Waals surface area contributed by atoms with Crippen LogP contribution < -0.4 is 15.0 Å². The Balaban J connectivity index is 1.92. The molecule has 1 N–H and O–H groups in total. The summed E-state index contributed by atoms with van der Waals surface area (Å²) in [7, 11) is 5.34. The minimum atomic E-state index is -0.195. The van der Waals surface area contributed by atoms with E-state index in [4.69, 9.17) is 4.74 Å². The first-order valence-corrected chi connectivity index (χ1v) is 6.89. The van der Waals surface area contributed by atoms with Crippen molar-refractivity contribution in [2.24, 2.45) is 0 Å². The lowest BCUT2D eigenvalue weighted by Crippen LogP contribution is -2.15. The number of hydrogen-bond donors (Lipinski definition) is 1. The van der Waals surface area contributed by atoms with Gasteiger partial charge in [0.15, 0.2) is 0 Å². The first kappa shape index (κ1) is 15.3. The number of hydrogen-bond acceptors (Lipinski definition) is 3. The lowest BCUT2D eigenvalue weighted by atomic mass is 10.1. The van der Waals surface area contributed by atoms with Gasteiger partial charge in [-0.05, 0) is 35.4 Å². The monoisotopic (exact) mass is 288 g/mol. The Morgan fingerprint density at radius 2 is 1.62 bits per heavy atom. The van der Waals surface area contributed by atoms with E-state index in [2.05, 4.69) is 5.32 Å².